The SMILES string of the molecule is Cc1ccc(Br)cc1Nc1nc2ccccc2cc1C#N. The molecule has 3 aromatic rings. The van der Waals surface area contributed by atoms with Gasteiger partial charge in [-0.05, 0) is 36.8 Å². The molecule has 0 aliphatic heterocycles. The first kappa shape index (κ1) is 13.6. The van der Waals surface area contributed by atoms with Crippen LogP contribution < -0.4 is 5.32 Å². The Balaban J connectivity index is 2.11. The number of pyridine rings is 1. The molecule has 3 rings (SSSR count). The van der Waals surface area contributed by atoms with Crippen molar-refractivity contribution in [3.63, 3.8) is 0 Å². The van der Waals surface area contributed by atoms with Crippen molar-refractivity contribution >= 4 is 38.3 Å². The van der Waals surface area contributed by atoms with Crippen LogP contribution in [-0.4, -0.2) is 4.98 Å². The Hall–Kier alpha value is -2.38. The topological polar surface area (TPSA) is 48.7 Å². The Morgan fingerprint density at radius 3 is 2.76 bits per heavy atom. The predicted molar refractivity (Wildman–Crippen MR) is 88.6 cm³/mol. The molecule has 0 saturated heterocycles. The lowest BCUT2D eigenvalue weighted by Crippen LogP contribution is -1.99. The fourth-order valence-electron chi connectivity index (χ4n) is 2.15. The largest absolute Gasteiger partial charge is 0.339 e. The summed E-state index contributed by atoms with van der Waals surface area (Å²) in [5, 5.41) is 13.6. The minimum absolute atomic E-state index is 0.535. The summed E-state index contributed by atoms with van der Waals surface area (Å²) in [4.78, 5) is 4.56. The number of fused-ring (bicyclic) bond motifs is 1. The number of hydrogen-bond donors (Lipinski definition) is 1. The van der Waals surface area contributed by atoms with Gasteiger partial charge in [-0.1, -0.05) is 40.2 Å². The number of benzene rings is 2. The molecule has 0 fully saturated rings. The number of nitrogens with zero attached hydrogens (tertiary/aromatic N) is 2. The average Bonchev–Trinajstić information content (AvgIpc) is 2.50. The van der Waals surface area contributed by atoms with Crippen molar-refractivity contribution in [2.75, 3.05) is 5.32 Å². The fraction of sp³-hybridized carbons (Fsp3) is 0.0588. The highest BCUT2D eigenvalue weighted by atomic mass is 79.9. The van der Waals surface area contributed by atoms with Crippen molar-refractivity contribution in [3.05, 3.63) is 64.1 Å². The van der Waals surface area contributed by atoms with Gasteiger partial charge in [0.25, 0.3) is 0 Å². The lowest BCUT2D eigenvalue weighted by atomic mass is 10.1. The van der Waals surface area contributed by atoms with E-state index in [9.17, 15) is 5.26 Å². The summed E-state index contributed by atoms with van der Waals surface area (Å²) in [6.45, 7) is 2.02. The molecule has 0 radical (unpaired) electrons. The van der Waals surface area contributed by atoms with E-state index in [1.165, 1.54) is 0 Å². The zero-order valence-electron chi connectivity index (χ0n) is 11.4. The van der Waals surface area contributed by atoms with Crippen LogP contribution in [0.4, 0.5) is 11.5 Å². The van der Waals surface area contributed by atoms with Crippen LogP contribution in [0.1, 0.15) is 11.1 Å². The molecule has 102 valence electrons. The maximum atomic E-state index is 9.34. The summed E-state index contributed by atoms with van der Waals surface area (Å²) in [7, 11) is 0. The second-order valence-electron chi connectivity index (χ2n) is 4.77. The van der Waals surface area contributed by atoms with Gasteiger partial charge in [-0.25, -0.2) is 4.98 Å². The molecular formula is C17H12BrN3. The molecule has 1 heterocycles. The van der Waals surface area contributed by atoms with Gasteiger partial charge in [-0.2, -0.15) is 5.26 Å². The quantitative estimate of drug-likeness (QED) is 0.721. The molecule has 0 aliphatic carbocycles. The Morgan fingerprint density at radius 2 is 1.95 bits per heavy atom. The molecule has 2 aromatic carbocycles. The maximum absolute atomic E-state index is 9.34. The third-order valence-electron chi connectivity index (χ3n) is 3.30. The van der Waals surface area contributed by atoms with Gasteiger partial charge in [0, 0.05) is 15.5 Å². The molecule has 1 aromatic heterocycles. The van der Waals surface area contributed by atoms with Gasteiger partial charge in [0.1, 0.15) is 11.9 Å². The number of nitrogens with one attached hydrogen (secondary N) is 1. The molecule has 0 atom stereocenters. The van der Waals surface area contributed by atoms with Crippen LogP contribution in [0.3, 0.4) is 0 Å². The number of halogens is 1. The van der Waals surface area contributed by atoms with E-state index in [0.29, 0.717) is 11.4 Å². The smallest absolute Gasteiger partial charge is 0.149 e. The van der Waals surface area contributed by atoms with Crippen LogP contribution in [0, 0.1) is 18.3 Å². The summed E-state index contributed by atoms with van der Waals surface area (Å²) in [6.07, 6.45) is 0. The first-order chi connectivity index (χ1) is 10.2. The summed E-state index contributed by atoms with van der Waals surface area (Å²) >= 11 is 3.46. The molecule has 0 aliphatic rings. The third-order valence-corrected chi connectivity index (χ3v) is 3.79. The van der Waals surface area contributed by atoms with Gasteiger partial charge in [0.05, 0.1) is 11.1 Å². The molecule has 0 spiro atoms. The van der Waals surface area contributed by atoms with Gasteiger partial charge < -0.3 is 5.32 Å². The van der Waals surface area contributed by atoms with E-state index in [1.807, 2.05) is 55.5 Å². The van der Waals surface area contributed by atoms with Crippen molar-refractivity contribution in [1.82, 2.24) is 4.98 Å². The van der Waals surface area contributed by atoms with E-state index in [4.69, 9.17) is 0 Å². The third kappa shape index (κ3) is 2.74. The molecule has 0 bridgehead atoms. The van der Waals surface area contributed by atoms with Crippen LogP contribution in [0.5, 0.6) is 0 Å². The second-order valence-corrected chi connectivity index (χ2v) is 5.69. The highest BCUT2D eigenvalue weighted by Gasteiger charge is 2.08. The Bertz CT molecular complexity index is 866. The van der Waals surface area contributed by atoms with Gasteiger partial charge in [0.15, 0.2) is 0 Å². The van der Waals surface area contributed by atoms with Crippen LogP contribution in [0.15, 0.2) is 53.0 Å². The molecule has 0 unspecified atom stereocenters. The lowest BCUT2D eigenvalue weighted by molar-refractivity contribution is 1.32. The van der Waals surface area contributed by atoms with E-state index in [-0.39, 0.29) is 0 Å². The van der Waals surface area contributed by atoms with Crippen LogP contribution in [-0.2, 0) is 0 Å². The van der Waals surface area contributed by atoms with Crippen molar-refractivity contribution in [2.24, 2.45) is 0 Å². The molecule has 0 saturated carbocycles. The summed E-state index contributed by atoms with van der Waals surface area (Å²) in [5.41, 5.74) is 3.43. The molecule has 4 heteroatoms. The first-order valence-electron chi connectivity index (χ1n) is 6.50. The number of aromatic nitrogens is 1. The zero-order valence-corrected chi connectivity index (χ0v) is 13.0. The first-order valence-corrected chi connectivity index (χ1v) is 7.30. The van der Waals surface area contributed by atoms with Gasteiger partial charge in [-0.15, -0.1) is 0 Å². The maximum Gasteiger partial charge on any atom is 0.149 e. The summed E-state index contributed by atoms with van der Waals surface area (Å²) in [5.74, 6) is 0.581. The highest BCUT2D eigenvalue weighted by molar-refractivity contribution is 9.10. The average molecular weight is 338 g/mol. The minimum Gasteiger partial charge on any atom is -0.339 e. The van der Waals surface area contributed by atoms with Crippen LogP contribution in [0.25, 0.3) is 10.9 Å². The van der Waals surface area contributed by atoms with E-state index in [2.05, 4.69) is 32.3 Å². The molecule has 0 amide bonds. The zero-order chi connectivity index (χ0) is 14.8. The van der Waals surface area contributed by atoms with Crippen LogP contribution in [0.2, 0.25) is 0 Å². The van der Waals surface area contributed by atoms with Crippen molar-refractivity contribution < 1.29 is 0 Å². The Morgan fingerprint density at radius 1 is 1.14 bits per heavy atom. The second kappa shape index (κ2) is 5.55. The van der Waals surface area contributed by atoms with Crippen LogP contribution >= 0.6 is 15.9 Å². The monoisotopic (exact) mass is 337 g/mol. The van der Waals surface area contributed by atoms with Gasteiger partial charge in [-0.3, -0.25) is 0 Å². The number of anilines is 2. The fourth-order valence-corrected chi connectivity index (χ4v) is 2.51. The minimum atomic E-state index is 0.535. The highest BCUT2D eigenvalue weighted by Crippen LogP contribution is 2.27. The molecule has 3 nitrogen and oxygen atoms in total. The van der Waals surface area contributed by atoms with Crippen molar-refractivity contribution in [1.29, 1.82) is 5.26 Å². The van der Waals surface area contributed by atoms with E-state index in [1.54, 1.807) is 0 Å². The van der Waals surface area contributed by atoms with Crippen molar-refractivity contribution in [3.8, 4) is 6.07 Å². The van der Waals surface area contributed by atoms with Gasteiger partial charge >= 0.3 is 0 Å². The molecular weight excluding hydrogens is 326 g/mol. The number of rotatable bonds is 2. The van der Waals surface area contributed by atoms with E-state index in [0.717, 1.165) is 26.6 Å². The molecule has 1 N–H and O–H groups in total. The standard InChI is InChI=1S/C17H12BrN3/c1-11-6-7-14(18)9-16(11)21-17-13(10-19)8-12-4-2-3-5-15(12)20-17/h2-9H,1H3,(H,20,21). The molecule has 21 heavy (non-hydrogen) atoms. The van der Waals surface area contributed by atoms with Gasteiger partial charge in [0.2, 0.25) is 0 Å². The predicted octanol–water partition coefficient (Wildman–Crippen LogP) is 4.92. The summed E-state index contributed by atoms with van der Waals surface area (Å²) in [6, 6.07) is 17.8. The Labute approximate surface area is 131 Å². The number of hydrogen-bond acceptors (Lipinski definition) is 3. The number of nitriles is 1. The van der Waals surface area contributed by atoms with Crippen molar-refractivity contribution in [2.45, 2.75) is 6.92 Å². The number of para-hydroxylation sites is 1. The normalized spacial score (nSPS) is 10.3. The summed E-state index contributed by atoms with van der Waals surface area (Å²) < 4.78 is 0.981. The number of aryl methyl sites for hydroxylation is 1. The Kier molecular flexibility index (Phi) is 3.59. The lowest BCUT2D eigenvalue weighted by Gasteiger charge is -2.11. The van der Waals surface area contributed by atoms with E-state index < -0.39 is 0 Å². The van der Waals surface area contributed by atoms with E-state index >= 15 is 0 Å².